The Bertz CT molecular complexity index is 612. The van der Waals surface area contributed by atoms with Gasteiger partial charge in [0.25, 0.3) is 0 Å². The first kappa shape index (κ1) is 15.6. The Morgan fingerprint density at radius 3 is 2.41 bits per heavy atom. The first-order valence-corrected chi connectivity index (χ1v) is 6.99. The fourth-order valence-electron chi connectivity index (χ4n) is 2.59. The van der Waals surface area contributed by atoms with Crippen molar-refractivity contribution in [3.8, 4) is 11.5 Å². The number of halogens is 1. The van der Waals surface area contributed by atoms with Crippen molar-refractivity contribution in [1.29, 1.82) is 0 Å². The smallest absolute Gasteiger partial charge is 0.361 e. The Kier molecular flexibility index (Phi) is 5.56. The van der Waals surface area contributed by atoms with Crippen LogP contribution in [0.4, 0.5) is 0 Å². The average molecular weight is 376 g/mol. The number of hydrogen-bond donors (Lipinski definition) is 0. The lowest BCUT2D eigenvalue weighted by molar-refractivity contribution is -0.917. The van der Waals surface area contributed by atoms with Crippen molar-refractivity contribution < 1.29 is 43.2 Å². The van der Waals surface area contributed by atoms with Gasteiger partial charge in [-0.25, -0.2) is 4.79 Å². The summed E-state index contributed by atoms with van der Waals surface area (Å²) in [5.74, 6) is 0.762. The predicted octanol–water partition coefficient (Wildman–Crippen LogP) is -1.23. The second-order valence-corrected chi connectivity index (χ2v) is 5.44. The number of ether oxygens (including phenoxy) is 3. The maximum absolute atomic E-state index is 11.9. The van der Waals surface area contributed by atoms with Gasteiger partial charge in [0.15, 0.2) is 18.0 Å². The normalized spacial score (nSPS) is 23.3. The summed E-state index contributed by atoms with van der Waals surface area (Å²) >= 11 is 0. The molecule has 0 aliphatic carbocycles. The van der Waals surface area contributed by atoms with Gasteiger partial charge in [-0.15, -0.1) is 0 Å². The molecular formula is C16H24BrNO4. The molecule has 1 aliphatic heterocycles. The van der Waals surface area contributed by atoms with E-state index in [0.29, 0.717) is 30.2 Å². The van der Waals surface area contributed by atoms with Gasteiger partial charge in [0.1, 0.15) is 6.54 Å². The van der Waals surface area contributed by atoms with Crippen molar-refractivity contribution in [2.75, 3.05) is 41.0 Å². The lowest BCUT2D eigenvalue weighted by atomic mass is 9.97. The fraction of sp³-hybridized carbons (Fsp3) is 0.562. The molecule has 124 valence electrons. The molecular weight excluding hydrogens is 350 g/mol. The zero-order valence-corrected chi connectivity index (χ0v) is 15.0. The molecule has 5 nitrogen and oxygen atoms in total. The summed E-state index contributed by atoms with van der Waals surface area (Å²) in [5.41, 5.74) is 1.42. The number of hydrogen-bond acceptors (Lipinski definition) is 4. The molecule has 1 heterocycles. The molecule has 1 aliphatic rings. The molecule has 2 rings (SSSR count). The number of methoxy groups -OCH3 is 2. The second kappa shape index (κ2) is 7.83. The Morgan fingerprint density at radius 1 is 1.27 bits per heavy atom. The molecule has 0 saturated heterocycles. The lowest BCUT2D eigenvalue weighted by Crippen LogP contribution is -3.00. The van der Waals surface area contributed by atoms with Crippen LogP contribution in [0.15, 0.2) is 12.1 Å². The van der Waals surface area contributed by atoms with E-state index in [1.54, 1.807) is 26.2 Å². The molecule has 0 saturated carbocycles. The minimum absolute atomic E-state index is 0. The Morgan fingerprint density at radius 2 is 1.86 bits per heavy atom. The molecule has 0 fully saturated rings. The van der Waals surface area contributed by atoms with E-state index in [4.69, 9.17) is 17.0 Å². The van der Waals surface area contributed by atoms with Crippen molar-refractivity contribution in [3.05, 3.63) is 23.3 Å². The number of nitrogens with zero attached hydrogens (tertiary/aromatic N) is 1. The van der Waals surface area contributed by atoms with Crippen molar-refractivity contribution in [2.24, 2.45) is 0 Å². The topological polar surface area (TPSA) is 44.8 Å². The number of benzene rings is 1. The summed E-state index contributed by atoms with van der Waals surface area (Å²) in [6, 6.07) is 3.49. The maximum atomic E-state index is 11.9. The van der Waals surface area contributed by atoms with Crippen molar-refractivity contribution in [2.45, 2.75) is 19.8 Å². The molecule has 0 spiro atoms. The maximum Gasteiger partial charge on any atom is 0.361 e. The van der Waals surface area contributed by atoms with Crippen LogP contribution in [0, 0.1) is 0 Å². The number of carbonyl (C=O) groups excluding carboxylic acids is 1. The highest BCUT2D eigenvalue weighted by Crippen LogP contribution is 2.34. The van der Waals surface area contributed by atoms with Crippen LogP contribution < -0.4 is 26.5 Å². The van der Waals surface area contributed by atoms with E-state index < -0.39 is 6.37 Å². The van der Waals surface area contributed by atoms with Gasteiger partial charge in [0, 0.05) is 14.7 Å². The zero-order chi connectivity index (χ0) is 17.3. The molecule has 1 aromatic carbocycles. The van der Waals surface area contributed by atoms with Gasteiger partial charge in [-0.2, -0.15) is 0 Å². The third-order valence-corrected chi connectivity index (χ3v) is 3.63. The largest absolute Gasteiger partial charge is 1.00 e. The second-order valence-electron chi connectivity index (χ2n) is 5.44. The number of esters is 1. The summed E-state index contributed by atoms with van der Waals surface area (Å²) < 4.78 is 32.7. The number of rotatable bonds is 5. The minimum Gasteiger partial charge on any atom is -1.00 e. The Balaban J connectivity index is 0.00000288. The van der Waals surface area contributed by atoms with Crippen molar-refractivity contribution >= 4 is 5.97 Å². The Hall–Kier alpha value is -1.27. The van der Waals surface area contributed by atoms with Gasteiger partial charge in [-0.1, -0.05) is 0 Å². The number of likely N-dealkylation sites (N-methyl/N-ethyl adjacent to an activating group) is 1. The minimum atomic E-state index is -1.56. The van der Waals surface area contributed by atoms with E-state index in [0.717, 1.165) is 5.56 Å². The number of carbonyl (C=O) groups is 1. The van der Waals surface area contributed by atoms with Crippen LogP contribution in [0.1, 0.15) is 20.8 Å². The molecule has 0 N–H and O–H groups in total. The van der Waals surface area contributed by atoms with Gasteiger partial charge < -0.3 is 35.7 Å². The van der Waals surface area contributed by atoms with Crippen LogP contribution in [0.3, 0.4) is 0 Å². The molecule has 1 atom stereocenters. The Labute approximate surface area is 145 Å². The zero-order valence-electron chi connectivity index (χ0n) is 15.4. The van der Waals surface area contributed by atoms with Crippen LogP contribution in [0.25, 0.3) is 0 Å². The van der Waals surface area contributed by atoms with Crippen LogP contribution in [0.5, 0.6) is 11.5 Å². The first-order valence-electron chi connectivity index (χ1n) is 7.99. The fourth-order valence-corrected chi connectivity index (χ4v) is 2.59. The highest BCUT2D eigenvalue weighted by atomic mass is 79.9. The van der Waals surface area contributed by atoms with Gasteiger partial charge in [-0.3, -0.25) is 0 Å². The summed E-state index contributed by atoms with van der Waals surface area (Å²) in [6.07, 6.45) is -1.56. The average Bonchev–Trinajstić information content (AvgIpc) is 2.44. The molecule has 1 unspecified atom stereocenters. The van der Waals surface area contributed by atoms with E-state index in [2.05, 4.69) is 0 Å². The van der Waals surface area contributed by atoms with Crippen LogP contribution >= 0.6 is 0 Å². The highest BCUT2D eigenvalue weighted by Gasteiger charge is 2.32. The van der Waals surface area contributed by atoms with Crippen LogP contribution in [-0.4, -0.2) is 51.4 Å². The quantitative estimate of drug-likeness (QED) is 0.477. The molecule has 6 heteroatoms. The van der Waals surface area contributed by atoms with Crippen molar-refractivity contribution in [1.82, 2.24) is 0 Å². The number of fused-ring (bicyclic) bond motifs is 1. The summed E-state index contributed by atoms with van der Waals surface area (Å²) in [6.45, 7) is 2.97. The molecule has 22 heavy (non-hydrogen) atoms. The van der Waals surface area contributed by atoms with Gasteiger partial charge >= 0.3 is 5.97 Å². The summed E-state index contributed by atoms with van der Waals surface area (Å²) in [7, 11) is 4.95. The SMILES string of the molecule is [2H]C1([2H])C[N+](C)(CC(=O)OCC)Cc2cc(OC)c(OC)cc21.[Br-]. The van der Waals surface area contributed by atoms with Gasteiger partial charge in [-0.05, 0) is 24.6 Å². The molecule has 1 aromatic rings. The molecule has 0 radical (unpaired) electrons. The van der Waals surface area contributed by atoms with Gasteiger partial charge in [0.05, 0.1) is 34.4 Å². The van der Waals surface area contributed by atoms with Crippen LogP contribution in [-0.2, 0) is 22.4 Å². The van der Waals surface area contributed by atoms with Crippen LogP contribution in [0.2, 0.25) is 0 Å². The highest BCUT2D eigenvalue weighted by molar-refractivity contribution is 5.70. The molecule has 0 bridgehead atoms. The predicted molar refractivity (Wildman–Crippen MR) is 79.5 cm³/mol. The monoisotopic (exact) mass is 375 g/mol. The van der Waals surface area contributed by atoms with E-state index in [1.807, 2.05) is 7.05 Å². The first-order chi connectivity index (χ1) is 10.7. The van der Waals surface area contributed by atoms with E-state index in [-0.39, 0.29) is 40.5 Å². The summed E-state index contributed by atoms with van der Waals surface area (Å²) in [4.78, 5) is 11.9. The molecule has 0 amide bonds. The third-order valence-electron chi connectivity index (χ3n) is 3.63. The summed E-state index contributed by atoms with van der Waals surface area (Å²) in [5, 5.41) is 0. The number of quaternary nitrogens is 1. The van der Waals surface area contributed by atoms with E-state index in [9.17, 15) is 4.79 Å². The van der Waals surface area contributed by atoms with E-state index in [1.165, 1.54) is 7.11 Å². The lowest BCUT2D eigenvalue weighted by Gasteiger charge is -2.38. The van der Waals surface area contributed by atoms with Gasteiger partial charge in [0.2, 0.25) is 0 Å². The third kappa shape index (κ3) is 4.14. The van der Waals surface area contributed by atoms with Crippen molar-refractivity contribution in [3.63, 3.8) is 0 Å². The standard InChI is InChI=1S/C16H24NO4.BrH/c1-5-21-16(18)11-17(2)7-6-12-8-14(19-3)15(20-4)9-13(12)10-17;/h8-9H,5-7,10-11H2,1-4H3;1H/q+1;/p-1/i6D2;. The van der Waals surface area contributed by atoms with E-state index >= 15 is 0 Å². The molecule has 0 aromatic heterocycles.